The van der Waals surface area contributed by atoms with Gasteiger partial charge in [0.2, 0.25) is 11.8 Å². The second-order valence-electron chi connectivity index (χ2n) is 5.74. The van der Waals surface area contributed by atoms with Crippen molar-refractivity contribution in [1.29, 1.82) is 0 Å². The second kappa shape index (κ2) is 14.1. The zero-order valence-electron chi connectivity index (χ0n) is 14.6. The standard InChI is InChI=1S/C15H31N3O6/c1-15(2,18-14(21)11-16)12-24-6-3-13(20)17-4-7-22-9-10-23-8-5-19/h19H,3-12,16H2,1-2H3,(H,17,20)(H,18,21). The minimum atomic E-state index is -0.529. The van der Waals surface area contributed by atoms with E-state index < -0.39 is 5.54 Å². The van der Waals surface area contributed by atoms with Crippen molar-refractivity contribution in [3.8, 4) is 0 Å². The van der Waals surface area contributed by atoms with E-state index in [-0.39, 0.29) is 38.0 Å². The summed E-state index contributed by atoms with van der Waals surface area (Å²) >= 11 is 0. The number of amides is 2. The van der Waals surface area contributed by atoms with Gasteiger partial charge in [-0.3, -0.25) is 9.59 Å². The zero-order chi connectivity index (χ0) is 18.3. The molecule has 0 saturated carbocycles. The third-order valence-electron chi connectivity index (χ3n) is 2.78. The molecule has 0 aliphatic heterocycles. The van der Waals surface area contributed by atoms with Crippen molar-refractivity contribution in [3.63, 3.8) is 0 Å². The van der Waals surface area contributed by atoms with Crippen molar-refractivity contribution < 1.29 is 28.9 Å². The van der Waals surface area contributed by atoms with Crippen LogP contribution >= 0.6 is 0 Å². The van der Waals surface area contributed by atoms with Crippen molar-refractivity contribution in [2.75, 3.05) is 59.3 Å². The van der Waals surface area contributed by atoms with Crippen LogP contribution in [-0.4, -0.2) is 81.8 Å². The summed E-state index contributed by atoms with van der Waals surface area (Å²) in [6.07, 6.45) is 0.237. The number of aliphatic hydroxyl groups excluding tert-OH is 1. The molecule has 9 heteroatoms. The van der Waals surface area contributed by atoms with Gasteiger partial charge >= 0.3 is 0 Å². The highest BCUT2D eigenvalue weighted by atomic mass is 16.5. The van der Waals surface area contributed by atoms with Gasteiger partial charge in [-0.1, -0.05) is 0 Å². The number of hydrogen-bond donors (Lipinski definition) is 4. The summed E-state index contributed by atoms with van der Waals surface area (Å²) in [5.74, 6) is -0.373. The van der Waals surface area contributed by atoms with Crippen LogP contribution in [0.2, 0.25) is 0 Å². The van der Waals surface area contributed by atoms with Gasteiger partial charge in [-0.15, -0.1) is 0 Å². The highest BCUT2D eigenvalue weighted by molar-refractivity contribution is 5.78. The van der Waals surface area contributed by atoms with Crippen LogP contribution in [0, 0.1) is 0 Å². The number of rotatable bonds is 15. The van der Waals surface area contributed by atoms with E-state index in [1.807, 2.05) is 13.8 Å². The number of carbonyl (C=O) groups is 2. The van der Waals surface area contributed by atoms with Gasteiger partial charge in [0.25, 0.3) is 0 Å². The average Bonchev–Trinajstić information content (AvgIpc) is 2.53. The molecule has 0 fully saturated rings. The van der Waals surface area contributed by atoms with E-state index in [4.69, 9.17) is 25.1 Å². The van der Waals surface area contributed by atoms with Crippen LogP contribution in [0.25, 0.3) is 0 Å². The molecule has 0 aromatic carbocycles. The Balaban J connectivity index is 3.51. The molecule has 0 unspecified atom stereocenters. The van der Waals surface area contributed by atoms with Gasteiger partial charge in [-0.25, -0.2) is 0 Å². The summed E-state index contributed by atoms with van der Waals surface area (Å²) in [6.45, 7) is 6.07. The van der Waals surface area contributed by atoms with E-state index in [0.717, 1.165) is 0 Å². The molecule has 0 aliphatic rings. The Morgan fingerprint density at radius 3 is 2.29 bits per heavy atom. The maximum atomic E-state index is 11.6. The smallest absolute Gasteiger partial charge is 0.234 e. The molecular weight excluding hydrogens is 318 g/mol. The van der Waals surface area contributed by atoms with Crippen molar-refractivity contribution in [1.82, 2.24) is 10.6 Å². The number of nitrogens with one attached hydrogen (secondary N) is 2. The zero-order valence-corrected chi connectivity index (χ0v) is 14.6. The van der Waals surface area contributed by atoms with Gasteiger partial charge in [-0.05, 0) is 13.8 Å². The molecule has 0 rings (SSSR count). The largest absolute Gasteiger partial charge is 0.394 e. The van der Waals surface area contributed by atoms with E-state index in [2.05, 4.69) is 10.6 Å². The number of ether oxygens (including phenoxy) is 3. The van der Waals surface area contributed by atoms with E-state index >= 15 is 0 Å². The second-order valence-corrected chi connectivity index (χ2v) is 5.74. The monoisotopic (exact) mass is 349 g/mol. The van der Waals surface area contributed by atoms with Gasteiger partial charge < -0.3 is 35.7 Å². The maximum absolute atomic E-state index is 11.6. The Kier molecular flexibility index (Phi) is 13.4. The molecule has 0 heterocycles. The molecule has 2 amide bonds. The first-order chi connectivity index (χ1) is 11.4. The normalized spacial score (nSPS) is 11.3. The number of nitrogens with two attached hydrogens (primary N) is 1. The Bertz CT molecular complexity index is 352. The fourth-order valence-electron chi connectivity index (χ4n) is 1.69. The molecule has 0 aromatic heterocycles. The molecule has 142 valence electrons. The van der Waals surface area contributed by atoms with Crippen LogP contribution in [-0.2, 0) is 23.8 Å². The molecule has 24 heavy (non-hydrogen) atoms. The van der Waals surface area contributed by atoms with Gasteiger partial charge in [0.15, 0.2) is 0 Å². The Labute approximate surface area is 143 Å². The van der Waals surface area contributed by atoms with Crippen LogP contribution in [0.4, 0.5) is 0 Å². The lowest BCUT2D eigenvalue weighted by atomic mass is 10.1. The molecular formula is C15H31N3O6. The topological polar surface area (TPSA) is 132 Å². The minimum absolute atomic E-state index is 0.00526. The summed E-state index contributed by atoms with van der Waals surface area (Å²) in [5.41, 5.74) is 4.71. The molecule has 9 nitrogen and oxygen atoms in total. The maximum Gasteiger partial charge on any atom is 0.234 e. The highest BCUT2D eigenvalue weighted by Gasteiger charge is 2.19. The van der Waals surface area contributed by atoms with Crippen LogP contribution in [0.1, 0.15) is 20.3 Å². The van der Waals surface area contributed by atoms with Gasteiger partial charge in [0, 0.05) is 13.0 Å². The molecule has 5 N–H and O–H groups in total. The van der Waals surface area contributed by atoms with Crippen molar-refractivity contribution in [3.05, 3.63) is 0 Å². The summed E-state index contributed by atoms with van der Waals surface area (Å²) in [7, 11) is 0. The van der Waals surface area contributed by atoms with Gasteiger partial charge in [0.1, 0.15) is 0 Å². The van der Waals surface area contributed by atoms with E-state index in [1.165, 1.54) is 0 Å². The molecule has 0 radical (unpaired) electrons. The van der Waals surface area contributed by atoms with E-state index in [9.17, 15) is 9.59 Å². The number of carbonyl (C=O) groups excluding carboxylic acids is 2. The quantitative estimate of drug-likeness (QED) is 0.261. The SMILES string of the molecule is CC(C)(COCCC(=O)NCCOCCOCCO)NC(=O)CN. The Morgan fingerprint density at radius 2 is 1.67 bits per heavy atom. The fraction of sp³-hybridized carbons (Fsp3) is 0.867. The first kappa shape index (κ1) is 22.7. The highest BCUT2D eigenvalue weighted by Crippen LogP contribution is 2.02. The van der Waals surface area contributed by atoms with Crippen molar-refractivity contribution >= 4 is 11.8 Å². The first-order valence-corrected chi connectivity index (χ1v) is 8.03. The molecule has 0 atom stereocenters. The van der Waals surface area contributed by atoms with Crippen LogP contribution in [0.3, 0.4) is 0 Å². The first-order valence-electron chi connectivity index (χ1n) is 8.03. The van der Waals surface area contributed by atoms with E-state index in [0.29, 0.717) is 39.6 Å². The van der Waals surface area contributed by atoms with E-state index in [1.54, 1.807) is 0 Å². The average molecular weight is 349 g/mol. The van der Waals surface area contributed by atoms with Crippen molar-refractivity contribution in [2.24, 2.45) is 5.73 Å². The predicted molar refractivity (Wildman–Crippen MR) is 88.4 cm³/mol. The minimum Gasteiger partial charge on any atom is -0.394 e. The predicted octanol–water partition coefficient (Wildman–Crippen LogP) is -1.61. The van der Waals surface area contributed by atoms with Crippen molar-refractivity contribution in [2.45, 2.75) is 25.8 Å². The summed E-state index contributed by atoms with van der Waals surface area (Å²) in [5, 5.41) is 13.9. The number of aliphatic hydroxyl groups is 1. The Morgan fingerprint density at radius 1 is 1.00 bits per heavy atom. The lowest BCUT2D eigenvalue weighted by molar-refractivity contribution is -0.124. The molecule has 0 bridgehead atoms. The number of hydrogen-bond acceptors (Lipinski definition) is 7. The molecule has 0 spiro atoms. The molecule has 0 aliphatic carbocycles. The summed E-state index contributed by atoms with van der Waals surface area (Å²) in [4.78, 5) is 22.8. The van der Waals surface area contributed by atoms with Crippen LogP contribution < -0.4 is 16.4 Å². The lowest BCUT2D eigenvalue weighted by Gasteiger charge is -2.25. The third kappa shape index (κ3) is 14.3. The summed E-state index contributed by atoms with van der Waals surface area (Å²) < 4.78 is 15.7. The van der Waals surface area contributed by atoms with Gasteiger partial charge in [-0.2, -0.15) is 0 Å². The Hall–Kier alpha value is -1.26. The lowest BCUT2D eigenvalue weighted by Crippen LogP contribution is -2.49. The van der Waals surface area contributed by atoms with Gasteiger partial charge in [0.05, 0.1) is 58.3 Å². The third-order valence-corrected chi connectivity index (χ3v) is 2.78. The molecule has 0 aromatic rings. The molecule has 0 saturated heterocycles. The van der Waals surface area contributed by atoms with Crippen LogP contribution in [0.15, 0.2) is 0 Å². The fourth-order valence-corrected chi connectivity index (χ4v) is 1.69. The summed E-state index contributed by atoms with van der Waals surface area (Å²) in [6, 6.07) is 0. The van der Waals surface area contributed by atoms with Crippen LogP contribution in [0.5, 0.6) is 0 Å².